The first-order chi connectivity index (χ1) is 9.04. The number of sulfonamides is 1. The second kappa shape index (κ2) is 5.48. The summed E-state index contributed by atoms with van der Waals surface area (Å²) in [5, 5.41) is 0. The molecular weight excluding hydrogens is 264 g/mol. The van der Waals surface area contributed by atoms with Crippen LogP contribution in [0, 0.1) is 0 Å². The number of nitrogens with zero attached hydrogens (tertiary/aromatic N) is 1. The SMILES string of the molecule is CCN(C1CC1)S(=O)(=O)c1ccc(OC)c(CN)c1. The lowest BCUT2D eigenvalue weighted by atomic mass is 10.2. The quantitative estimate of drug-likeness (QED) is 0.855. The number of hydrogen-bond acceptors (Lipinski definition) is 4. The molecule has 0 aromatic heterocycles. The topological polar surface area (TPSA) is 72.6 Å². The van der Waals surface area contributed by atoms with Crippen LogP contribution in [0.4, 0.5) is 0 Å². The number of hydrogen-bond donors (Lipinski definition) is 1. The molecule has 0 radical (unpaired) electrons. The fraction of sp³-hybridized carbons (Fsp3) is 0.538. The summed E-state index contributed by atoms with van der Waals surface area (Å²) in [5.41, 5.74) is 6.33. The maximum atomic E-state index is 12.6. The Morgan fingerprint density at radius 1 is 1.42 bits per heavy atom. The van der Waals surface area contributed by atoms with Gasteiger partial charge in [-0.1, -0.05) is 6.92 Å². The lowest BCUT2D eigenvalue weighted by Crippen LogP contribution is -2.33. The van der Waals surface area contributed by atoms with Gasteiger partial charge >= 0.3 is 0 Å². The normalized spacial score (nSPS) is 15.8. The molecule has 0 aliphatic heterocycles. The van der Waals surface area contributed by atoms with Gasteiger partial charge in [0.15, 0.2) is 0 Å². The first kappa shape index (κ1) is 14.3. The van der Waals surface area contributed by atoms with E-state index in [1.165, 1.54) is 0 Å². The van der Waals surface area contributed by atoms with Crippen LogP contribution >= 0.6 is 0 Å². The van der Waals surface area contributed by atoms with Gasteiger partial charge < -0.3 is 10.5 Å². The Balaban J connectivity index is 2.39. The predicted octanol–water partition coefficient (Wildman–Crippen LogP) is 1.33. The average Bonchev–Trinajstić information content (AvgIpc) is 3.23. The molecule has 6 heteroatoms. The summed E-state index contributed by atoms with van der Waals surface area (Å²) < 4.78 is 31.8. The van der Waals surface area contributed by atoms with E-state index in [0.717, 1.165) is 12.8 Å². The van der Waals surface area contributed by atoms with E-state index in [0.29, 0.717) is 22.8 Å². The maximum absolute atomic E-state index is 12.6. The number of ether oxygens (including phenoxy) is 1. The van der Waals surface area contributed by atoms with Crippen molar-refractivity contribution in [1.29, 1.82) is 0 Å². The summed E-state index contributed by atoms with van der Waals surface area (Å²) in [6.07, 6.45) is 1.90. The molecule has 0 saturated heterocycles. The van der Waals surface area contributed by atoms with Crippen LogP contribution in [-0.4, -0.2) is 32.4 Å². The summed E-state index contributed by atoms with van der Waals surface area (Å²) in [6, 6.07) is 5.02. The minimum Gasteiger partial charge on any atom is -0.496 e. The second-order valence-electron chi connectivity index (χ2n) is 4.62. The molecule has 2 rings (SSSR count). The van der Waals surface area contributed by atoms with Crippen LogP contribution in [0.15, 0.2) is 23.1 Å². The molecule has 2 N–H and O–H groups in total. The molecular formula is C13H20N2O3S. The Hall–Kier alpha value is -1.11. The van der Waals surface area contributed by atoms with Gasteiger partial charge in [0.2, 0.25) is 10.0 Å². The third-order valence-electron chi connectivity index (χ3n) is 3.34. The smallest absolute Gasteiger partial charge is 0.243 e. The van der Waals surface area contributed by atoms with Crippen LogP contribution in [0.25, 0.3) is 0 Å². The van der Waals surface area contributed by atoms with Crippen molar-refractivity contribution in [3.05, 3.63) is 23.8 Å². The van der Waals surface area contributed by atoms with Gasteiger partial charge in [-0.15, -0.1) is 0 Å². The van der Waals surface area contributed by atoms with E-state index in [9.17, 15) is 8.42 Å². The molecule has 0 heterocycles. The van der Waals surface area contributed by atoms with E-state index in [2.05, 4.69) is 0 Å². The Morgan fingerprint density at radius 3 is 2.58 bits per heavy atom. The molecule has 0 spiro atoms. The van der Waals surface area contributed by atoms with Crippen molar-refractivity contribution in [2.45, 2.75) is 37.2 Å². The number of benzene rings is 1. The van der Waals surface area contributed by atoms with Crippen LogP contribution in [0.5, 0.6) is 5.75 Å². The Morgan fingerprint density at radius 2 is 2.11 bits per heavy atom. The zero-order valence-corrected chi connectivity index (χ0v) is 12.1. The third-order valence-corrected chi connectivity index (χ3v) is 5.37. The lowest BCUT2D eigenvalue weighted by Gasteiger charge is -2.20. The van der Waals surface area contributed by atoms with Gasteiger partial charge in [-0.2, -0.15) is 4.31 Å². The van der Waals surface area contributed by atoms with Crippen LogP contribution in [0.2, 0.25) is 0 Å². The number of nitrogens with two attached hydrogens (primary N) is 1. The van der Waals surface area contributed by atoms with E-state index < -0.39 is 10.0 Å². The highest BCUT2D eigenvalue weighted by molar-refractivity contribution is 7.89. The minimum atomic E-state index is -3.42. The highest BCUT2D eigenvalue weighted by atomic mass is 32.2. The highest BCUT2D eigenvalue weighted by Gasteiger charge is 2.37. The van der Waals surface area contributed by atoms with Crippen molar-refractivity contribution in [2.24, 2.45) is 5.73 Å². The molecule has 1 aliphatic carbocycles. The van der Waals surface area contributed by atoms with Crippen LogP contribution in [0.3, 0.4) is 0 Å². The summed E-state index contributed by atoms with van der Waals surface area (Å²) >= 11 is 0. The monoisotopic (exact) mass is 284 g/mol. The van der Waals surface area contributed by atoms with E-state index in [-0.39, 0.29) is 12.6 Å². The van der Waals surface area contributed by atoms with Crippen molar-refractivity contribution in [3.8, 4) is 5.75 Å². The minimum absolute atomic E-state index is 0.165. The van der Waals surface area contributed by atoms with Crippen LogP contribution < -0.4 is 10.5 Å². The van der Waals surface area contributed by atoms with Gasteiger partial charge in [-0.25, -0.2) is 8.42 Å². The van der Waals surface area contributed by atoms with Crippen LogP contribution in [0.1, 0.15) is 25.3 Å². The van der Waals surface area contributed by atoms with Gasteiger partial charge in [-0.05, 0) is 31.0 Å². The molecule has 1 aliphatic rings. The van der Waals surface area contributed by atoms with Gasteiger partial charge in [0, 0.05) is 24.7 Å². The zero-order chi connectivity index (χ0) is 14.0. The standard InChI is InChI=1S/C13H20N2O3S/c1-3-15(11-4-5-11)19(16,17)12-6-7-13(18-2)10(8-12)9-14/h6-8,11H,3-5,9,14H2,1-2H3. The van der Waals surface area contributed by atoms with Crippen molar-refractivity contribution in [3.63, 3.8) is 0 Å². The molecule has 1 fully saturated rings. The zero-order valence-electron chi connectivity index (χ0n) is 11.3. The molecule has 0 atom stereocenters. The Bertz CT molecular complexity index is 553. The Labute approximate surface area is 114 Å². The van der Waals surface area contributed by atoms with Gasteiger partial charge in [0.05, 0.1) is 12.0 Å². The van der Waals surface area contributed by atoms with Gasteiger partial charge in [0.1, 0.15) is 5.75 Å². The number of rotatable bonds is 6. The van der Waals surface area contributed by atoms with Crippen LogP contribution in [-0.2, 0) is 16.6 Å². The van der Waals surface area contributed by atoms with Crippen molar-refractivity contribution in [2.75, 3.05) is 13.7 Å². The van der Waals surface area contributed by atoms with E-state index in [1.807, 2.05) is 6.92 Å². The van der Waals surface area contributed by atoms with E-state index in [1.54, 1.807) is 29.6 Å². The van der Waals surface area contributed by atoms with Gasteiger partial charge in [-0.3, -0.25) is 0 Å². The molecule has 5 nitrogen and oxygen atoms in total. The third kappa shape index (κ3) is 2.75. The number of methoxy groups -OCH3 is 1. The molecule has 1 aromatic carbocycles. The van der Waals surface area contributed by atoms with E-state index in [4.69, 9.17) is 10.5 Å². The van der Waals surface area contributed by atoms with Crippen molar-refractivity contribution < 1.29 is 13.2 Å². The summed E-state index contributed by atoms with van der Waals surface area (Å²) in [4.78, 5) is 0.294. The average molecular weight is 284 g/mol. The Kier molecular flexibility index (Phi) is 4.13. The molecule has 0 bridgehead atoms. The molecule has 1 saturated carbocycles. The molecule has 1 aromatic rings. The van der Waals surface area contributed by atoms with Crippen molar-refractivity contribution in [1.82, 2.24) is 4.31 Å². The summed E-state index contributed by atoms with van der Waals surface area (Å²) in [6.45, 7) is 2.61. The maximum Gasteiger partial charge on any atom is 0.243 e. The lowest BCUT2D eigenvalue weighted by molar-refractivity contribution is 0.408. The second-order valence-corrected chi connectivity index (χ2v) is 6.51. The fourth-order valence-electron chi connectivity index (χ4n) is 2.20. The summed E-state index contributed by atoms with van der Waals surface area (Å²) in [7, 11) is -1.88. The molecule has 19 heavy (non-hydrogen) atoms. The van der Waals surface area contributed by atoms with E-state index >= 15 is 0 Å². The molecule has 0 unspecified atom stereocenters. The predicted molar refractivity (Wildman–Crippen MR) is 73.5 cm³/mol. The largest absolute Gasteiger partial charge is 0.496 e. The highest BCUT2D eigenvalue weighted by Crippen LogP contribution is 2.32. The first-order valence-corrected chi connectivity index (χ1v) is 7.87. The van der Waals surface area contributed by atoms with Crippen molar-refractivity contribution >= 4 is 10.0 Å². The van der Waals surface area contributed by atoms with Gasteiger partial charge in [0.25, 0.3) is 0 Å². The molecule has 106 valence electrons. The fourth-order valence-corrected chi connectivity index (χ4v) is 3.94. The molecule has 0 amide bonds. The first-order valence-electron chi connectivity index (χ1n) is 6.43. The summed E-state index contributed by atoms with van der Waals surface area (Å²) in [5.74, 6) is 0.621.